The summed E-state index contributed by atoms with van der Waals surface area (Å²) in [7, 11) is 0. The van der Waals surface area contributed by atoms with Crippen molar-refractivity contribution < 1.29 is 64.3 Å². The van der Waals surface area contributed by atoms with Crippen molar-refractivity contribution in [1.29, 1.82) is 0 Å². The summed E-state index contributed by atoms with van der Waals surface area (Å²) < 4.78 is 22.8. The molecule has 0 aliphatic heterocycles. The van der Waals surface area contributed by atoms with E-state index in [1.165, 1.54) is 0 Å². The normalized spacial score (nSPS) is 11.0. The van der Waals surface area contributed by atoms with Gasteiger partial charge < -0.3 is 4.55 Å². The molecule has 0 aliphatic rings. The molecule has 0 rings (SSSR count). The van der Waals surface area contributed by atoms with Crippen molar-refractivity contribution in [3.05, 3.63) is 0 Å². The fraction of sp³-hybridized carbons (Fsp3) is 0.333. The van der Waals surface area contributed by atoms with E-state index in [0.717, 1.165) is 0 Å². The zero-order chi connectivity index (χ0) is 5.70. The minimum atomic E-state index is -2.46. The average molecular weight is 158 g/mol. The van der Waals surface area contributed by atoms with Crippen LogP contribution in [0.15, 0.2) is 0 Å². The van der Waals surface area contributed by atoms with Crippen LogP contribution in [0.5, 0.6) is 0 Å². The minimum Gasteiger partial charge on any atom is -0.750 e. The van der Waals surface area contributed by atoms with Gasteiger partial charge in [0.05, 0.1) is 11.4 Å². The Morgan fingerprint density at radius 2 is 2.38 bits per heavy atom. The van der Waals surface area contributed by atoms with Crippen LogP contribution in [0.3, 0.4) is 0 Å². The second kappa shape index (κ2) is 8.27. The second-order valence-electron chi connectivity index (χ2n) is 0.670. The Morgan fingerprint density at radius 1 is 1.88 bits per heavy atom. The molecular formula is C3H3KO3S. The van der Waals surface area contributed by atoms with Gasteiger partial charge in [-0.25, -0.2) is 4.21 Å². The predicted octanol–water partition coefficient (Wildman–Crippen LogP) is -3.57. The van der Waals surface area contributed by atoms with Crippen LogP contribution in [0.2, 0.25) is 0 Å². The maximum atomic E-state index is 9.44. The molecular weight excluding hydrogens is 155 g/mol. The van der Waals surface area contributed by atoms with Gasteiger partial charge in [-0.3, -0.25) is 4.18 Å². The van der Waals surface area contributed by atoms with Crippen LogP contribution in [-0.4, -0.2) is 15.4 Å². The summed E-state index contributed by atoms with van der Waals surface area (Å²) in [6.45, 7) is -0.184. The molecule has 0 aromatic heterocycles. The van der Waals surface area contributed by atoms with E-state index >= 15 is 0 Å². The van der Waals surface area contributed by atoms with E-state index in [1.807, 2.05) is 5.92 Å². The predicted molar refractivity (Wildman–Crippen MR) is 23.7 cm³/mol. The maximum absolute atomic E-state index is 9.44. The molecule has 1 unspecified atom stereocenters. The summed E-state index contributed by atoms with van der Waals surface area (Å²) >= 11 is -2.46. The monoisotopic (exact) mass is 158 g/mol. The summed E-state index contributed by atoms with van der Waals surface area (Å²) in [5, 5.41) is 0. The van der Waals surface area contributed by atoms with E-state index in [2.05, 4.69) is 10.6 Å². The third-order valence-electron chi connectivity index (χ3n) is 0.238. The summed E-state index contributed by atoms with van der Waals surface area (Å²) in [5.74, 6) is 1.98. The molecule has 0 bridgehead atoms. The molecule has 8 heavy (non-hydrogen) atoms. The van der Waals surface area contributed by atoms with Crippen LogP contribution < -0.4 is 51.4 Å². The molecule has 0 saturated heterocycles. The van der Waals surface area contributed by atoms with Gasteiger partial charge in [-0.2, -0.15) is 0 Å². The Bertz CT molecular complexity index is 108. The maximum Gasteiger partial charge on any atom is 1.00 e. The van der Waals surface area contributed by atoms with Crippen LogP contribution in [-0.2, 0) is 15.5 Å². The van der Waals surface area contributed by atoms with E-state index in [1.54, 1.807) is 0 Å². The third-order valence-corrected chi connectivity index (χ3v) is 0.549. The van der Waals surface area contributed by atoms with Crippen molar-refractivity contribution in [3.8, 4) is 12.3 Å². The van der Waals surface area contributed by atoms with E-state index in [4.69, 9.17) is 0 Å². The minimum absolute atomic E-state index is 0. The fourth-order valence-electron chi connectivity index (χ4n) is 0.0821. The standard InChI is InChI=1S/C3H4O3S.K/c1-2-3-6-7(4)5;/h1H,3H2,(H,4,5);/q;+1/p-1. The molecule has 0 amide bonds. The Labute approximate surface area is 93.1 Å². The molecule has 0 aromatic carbocycles. The molecule has 0 N–H and O–H groups in total. The molecule has 0 aliphatic carbocycles. The smallest absolute Gasteiger partial charge is 0.750 e. The Kier molecular flexibility index (Phi) is 12.4. The first-order valence-electron chi connectivity index (χ1n) is 1.43. The molecule has 1 atom stereocenters. The summed E-state index contributed by atoms with van der Waals surface area (Å²) in [6.07, 6.45) is 4.63. The van der Waals surface area contributed by atoms with Gasteiger partial charge in [0.15, 0.2) is 0 Å². The first-order chi connectivity index (χ1) is 3.27. The topological polar surface area (TPSA) is 49.4 Å². The molecule has 0 radical (unpaired) electrons. The summed E-state index contributed by atoms with van der Waals surface area (Å²) in [6, 6.07) is 0. The van der Waals surface area contributed by atoms with E-state index in [9.17, 15) is 8.76 Å². The average Bonchev–Trinajstić information content (AvgIpc) is 1.61. The largest absolute Gasteiger partial charge is 1.00 e. The number of terminal acetylenes is 1. The molecule has 0 fully saturated rings. The Hall–Kier alpha value is 1.27. The van der Waals surface area contributed by atoms with Crippen molar-refractivity contribution in [2.24, 2.45) is 0 Å². The van der Waals surface area contributed by atoms with Gasteiger partial charge >= 0.3 is 51.4 Å². The van der Waals surface area contributed by atoms with Crippen molar-refractivity contribution in [3.63, 3.8) is 0 Å². The quantitative estimate of drug-likeness (QED) is 0.237. The summed E-state index contributed by atoms with van der Waals surface area (Å²) in [5.41, 5.74) is 0. The van der Waals surface area contributed by atoms with Gasteiger partial charge in [0.1, 0.15) is 6.61 Å². The first kappa shape index (κ1) is 12.0. The number of hydrogen-bond donors (Lipinski definition) is 0. The van der Waals surface area contributed by atoms with Crippen LogP contribution in [0, 0.1) is 12.3 Å². The van der Waals surface area contributed by atoms with Gasteiger partial charge in [0.25, 0.3) is 0 Å². The van der Waals surface area contributed by atoms with Crippen LogP contribution in [0.25, 0.3) is 0 Å². The van der Waals surface area contributed by atoms with Gasteiger partial charge in [-0.15, -0.1) is 6.42 Å². The summed E-state index contributed by atoms with van der Waals surface area (Å²) in [4.78, 5) is 0. The SMILES string of the molecule is C#CCOS(=O)[O-].[K+]. The Morgan fingerprint density at radius 3 is 2.50 bits per heavy atom. The number of hydrogen-bond acceptors (Lipinski definition) is 3. The molecule has 40 valence electrons. The zero-order valence-corrected chi connectivity index (χ0v) is 8.36. The number of rotatable bonds is 2. The third kappa shape index (κ3) is 10.3. The van der Waals surface area contributed by atoms with Gasteiger partial charge in [-0.05, 0) is 0 Å². The van der Waals surface area contributed by atoms with Crippen LogP contribution in [0.1, 0.15) is 0 Å². The fourth-order valence-corrected chi connectivity index (χ4v) is 0.246. The van der Waals surface area contributed by atoms with Crippen molar-refractivity contribution >= 4 is 11.4 Å². The molecule has 0 heterocycles. The molecule has 0 aromatic rings. The van der Waals surface area contributed by atoms with Crippen LogP contribution >= 0.6 is 0 Å². The van der Waals surface area contributed by atoms with Crippen molar-refractivity contribution in [2.45, 2.75) is 0 Å². The van der Waals surface area contributed by atoms with E-state index < -0.39 is 11.4 Å². The van der Waals surface area contributed by atoms with Gasteiger partial charge in [0, 0.05) is 0 Å². The second-order valence-corrected chi connectivity index (χ2v) is 1.31. The van der Waals surface area contributed by atoms with Gasteiger partial charge in [-0.1, -0.05) is 5.92 Å². The first-order valence-corrected chi connectivity index (χ1v) is 2.43. The van der Waals surface area contributed by atoms with E-state index in [-0.39, 0.29) is 58.0 Å². The molecule has 0 saturated carbocycles. The Balaban J connectivity index is 0. The van der Waals surface area contributed by atoms with Crippen molar-refractivity contribution in [1.82, 2.24) is 0 Å². The zero-order valence-electron chi connectivity index (χ0n) is 4.42. The molecule has 5 heteroatoms. The molecule has 0 spiro atoms. The van der Waals surface area contributed by atoms with Crippen molar-refractivity contribution in [2.75, 3.05) is 6.61 Å². The molecule has 3 nitrogen and oxygen atoms in total. The van der Waals surface area contributed by atoms with E-state index in [0.29, 0.717) is 0 Å². The van der Waals surface area contributed by atoms with Gasteiger partial charge in [0.2, 0.25) is 0 Å². The van der Waals surface area contributed by atoms with Crippen LogP contribution in [0.4, 0.5) is 0 Å².